The van der Waals surface area contributed by atoms with Crippen molar-refractivity contribution in [2.45, 2.75) is 32.6 Å². The summed E-state index contributed by atoms with van der Waals surface area (Å²) in [6.45, 7) is 5.89. The van der Waals surface area contributed by atoms with Gasteiger partial charge in [0.25, 0.3) is 0 Å². The minimum Gasteiger partial charge on any atom is -0.497 e. The van der Waals surface area contributed by atoms with E-state index in [1.54, 1.807) is 55.6 Å². The van der Waals surface area contributed by atoms with Crippen LogP contribution in [0.2, 0.25) is 0 Å². The molecule has 0 saturated heterocycles. The second kappa shape index (κ2) is 11.1. The summed E-state index contributed by atoms with van der Waals surface area (Å²) in [4.78, 5) is 24.1. The van der Waals surface area contributed by atoms with Crippen LogP contribution >= 0.6 is 0 Å². The smallest absolute Gasteiger partial charge is 0.343 e. The van der Waals surface area contributed by atoms with Crippen molar-refractivity contribution >= 4 is 11.8 Å². The molecule has 0 saturated carbocycles. The second-order valence-corrected chi connectivity index (χ2v) is 9.04. The van der Waals surface area contributed by atoms with Crippen LogP contribution < -0.4 is 14.2 Å². The Balaban J connectivity index is 1.41. The molecule has 37 heavy (non-hydrogen) atoms. The van der Waals surface area contributed by atoms with E-state index in [9.17, 15) is 9.59 Å². The molecule has 1 atom stereocenters. The van der Waals surface area contributed by atoms with Crippen LogP contribution in [0.4, 0.5) is 0 Å². The van der Waals surface area contributed by atoms with Crippen LogP contribution in [0.25, 0.3) is 0 Å². The summed E-state index contributed by atoms with van der Waals surface area (Å²) in [6, 6.07) is 29.4. The maximum Gasteiger partial charge on any atom is 0.343 e. The first-order valence-corrected chi connectivity index (χ1v) is 12.2. The van der Waals surface area contributed by atoms with Crippen molar-refractivity contribution in [2.75, 3.05) is 7.11 Å². The summed E-state index contributed by atoms with van der Waals surface area (Å²) in [5.74, 6) is 2.04. The second-order valence-electron chi connectivity index (χ2n) is 9.04. The van der Waals surface area contributed by atoms with Crippen molar-refractivity contribution in [1.29, 1.82) is 0 Å². The van der Waals surface area contributed by atoms with E-state index in [0.29, 0.717) is 28.4 Å². The standard InChI is InChI=1S/C32H30O5/c1-5-32(3,25-10-18-27(35-4)19-11-25)26-12-20-30(21-13-26)37-31(34)24-8-16-29(17-9-24)36-28-14-6-23(7-15-28)22(2)33/h6-21H,5H2,1-4H3. The predicted octanol–water partition coefficient (Wildman–Crippen LogP) is 7.63. The fourth-order valence-electron chi connectivity index (χ4n) is 4.14. The lowest BCUT2D eigenvalue weighted by Gasteiger charge is -2.30. The maximum atomic E-state index is 12.7. The Morgan fingerprint density at radius 3 is 1.51 bits per heavy atom. The van der Waals surface area contributed by atoms with E-state index in [1.165, 1.54) is 12.5 Å². The van der Waals surface area contributed by atoms with Gasteiger partial charge in [0.2, 0.25) is 0 Å². The van der Waals surface area contributed by atoms with Gasteiger partial charge in [-0.15, -0.1) is 0 Å². The molecule has 0 fully saturated rings. The topological polar surface area (TPSA) is 61.8 Å². The van der Waals surface area contributed by atoms with Crippen molar-refractivity contribution in [3.05, 3.63) is 119 Å². The minimum absolute atomic E-state index is 0.000626. The van der Waals surface area contributed by atoms with Gasteiger partial charge in [0.05, 0.1) is 12.7 Å². The Hall–Kier alpha value is -4.38. The Bertz CT molecular complexity index is 1360. The molecule has 0 aliphatic carbocycles. The Kier molecular flexibility index (Phi) is 7.73. The van der Waals surface area contributed by atoms with Gasteiger partial charge in [-0.25, -0.2) is 4.79 Å². The summed E-state index contributed by atoms with van der Waals surface area (Å²) in [6.07, 6.45) is 0.910. The zero-order valence-corrected chi connectivity index (χ0v) is 21.5. The molecule has 0 amide bonds. The quantitative estimate of drug-likeness (QED) is 0.136. The van der Waals surface area contributed by atoms with Gasteiger partial charge >= 0.3 is 5.97 Å². The van der Waals surface area contributed by atoms with Crippen LogP contribution in [-0.2, 0) is 5.41 Å². The summed E-state index contributed by atoms with van der Waals surface area (Å²) in [7, 11) is 1.66. The van der Waals surface area contributed by atoms with Crippen molar-refractivity contribution in [1.82, 2.24) is 0 Å². The molecule has 0 spiro atoms. The number of carbonyl (C=O) groups excluding carboxylic acids is 2. The van der Waals surface area contributed by atoms with E-state index in [-0.39, 0.29) is 11.2 Å². The highest BCUT2D eigenvalue weighted by molar-refractivity contribution is 5.94. The number of ether oxygens (including phenoxy) is 3. The van der Waals surface area contributed by atoms with E-state index in [4.69, 9.17) is 14.2 Å². The number of esters is 1. The number of methoxy groups -OCH3 is 1. The lowest BCUT2D eigenvalue weighted by atomic mass is 9.74. The van der Waals surface area contributed by atoms with Gasteiger partial charge in [-0.05, 0) is 97.3 Å². The van der Waals surface area contributed by atoms with E-state index < -0.39 is 5.97 Å². The number of rotatable bonds is 9. The molecule has 5 nitrogen and oxygen atoms in total. The number of hydrogen-bond acceptors (Lipinski definition) is 5. The molecule has 4 rings (SSSR count). The molecule has 0 radical (unpaired) electrons. The zero-order chi connectivity index (χ0) is 26.4. The Morgan fingerprint density at radius 1 is 0.649 bits per heavy atom. The molecule has 0 N–H and O–H groups in total. The van der Waals surface area contributed by atoms with Crippen LogP contribution in [0.3, 0.4) is 0 Å². The molecule has 5 heteroatoms. The number of ketones is 1. The fourth-order valence-corrected chi connectivity index (χ4v) is 4.14. The third kappa shape index (κ3) is 5.89. The molecule has 0 aliphatic heterocycles. The lowest BCUT2D eigenvalue weighted by Crippen LogP contribution is -2.22. The fraction of sp³-hybridized carbons (Fsp3) is 0.188. The SMILES string of the molecule is CCC(C)(c1ccc(OC)cc1)c1ccc(OC(=O)c2ccc(Oc3ccc(C(C)=O)cc3)cc2)cc1. The molecule has 0 aliphatic rings. The third-order valence-electron chi connectivity index (χ3n) is 6.72. The van der Waals surface area contributed by atoms with Gasteiger partial charge < -0.3 is 14.2 Å². The van der Waals surface area contributed by atoms with E-state index in [1.807, 2.05) is 36.4 Å². The van der Waals surface area contributed by atoms with Crippen LogP contribution in [0.15, 0.2) is 97.1 Å². The molecule has 0 heterocycles. The summed E-state index contributed by atoms with van der Waals surface area (Å²) >= 11 is 0. The highest BCUT2D eigenvalue weighted by Gasteiger charge is 2.27. The number of Topliss-reactive ketones (excluding diaryl/α,β-unsaturated/α-hetero) is 1. The summed E-state index contributed by atoms with van der Waals surface area (Å²) < 4.78 is 16.7. The van der Waals surface area contributed by atoms with E-state index >= 15 is 0 Å². The monoisotopic (exact) mass is 494 g/mol. The van der Waals surface area contributed by atoms with Crippen molar-refractivity contribution in [2.24, 2.45) is 0 Å². The first-order chi connectivity index (χ1) is 17.8. The highest BCUT2D eigenvalue weighted by Crippen LogP contribution is 2.36. The zero-order valence-electron chi connectivity index (χ0n) is 21.5. The largest absolute Gasteiger partial charge is 0.497 e. The molecule has 4 aromatic rings. The maximum absolute atomic E-state index is 12.7. The minimum atomic E-state index is -0.446. The van der Waals surface area contributed by atoms with E-state index in [2.05, 4.69) is 26.0 Å². The van der Waals surface area contributed by atoms with Gasteiger partial charge in [0, 0.05) is 11.0 Å². The average molecular weight is 495 g/mol. The van der Waals surface area contributed by atoms with Crippen molar-refractivity contribution in [3.8, 4) is 23.0 Å². The molecule has 1 unspecified atom stereocenters. The number of hydrogen-bond donors (Lipinski definition) is 0. The van der Waals surface area contributed by atoms with E-state index in [0.717, 1.165) is 17.7 Å². The van der Waals surface area contributed by atoms with Gasteiger partial charge in [-0.1, -0.05) is 38.1 Å². The van der Waals surface area contributed by atoms with Crippen molar-refractivity contribution in [3.63, 3.8) is 0 Å². The van der Waals surface area contributed by atoms with Gasteiger partial charge in [-0.3, -0.25) is 4.79 Å². The first kappa shape index (κ1) is 25.7. The molecule has 0 bridgehead atoms. The van der Waals surface area contributed by atoms with Crippen LogP contribution in [0, 0.1) is 0 Å². The third-order valence-corrected chi connectivity index (χ3v) is 6.72. The lowest BCUT2D eigenvalue weighted by molar-refractivity contribution is 0.0734. The van der Waals surface area contributed by atoms with Crippen LogP contribution in [-0.4, -0.2) is 18.9 Å². The molecular weight excluding hydrogens is 464 g/mol. The summed E-state index contributed by atoms with van der Waals surface area (Å²) in [5, 5.41) is 0. The summed E-state index contributed by atoms with van der Waals surface area (Å²) in [5.41, 5.74) is 3.19. The number of benzene rings is 4. The van der Waals surface area contributed by atoms with Crippen LogP contribution in [0.5, 0.6) is 23.0 Å². The average Bonchev–Trinajstić information content (AvgIpc) is 2.93. The highest BCUT2D eigenvalue weighted by atomic mass is 16.5. The number of carbonyl (C=O) groups is 2. The van der Waals surface area contributed by atoms with Gasteiger partial charge in [-0.2, -0.15) is 0 Å². The normalized spacial score (nSPS) is 12.3. The predicted molar refractivity (Wildman–Crippen MR) is 144 cm³/mol. The Morgan fingerprint density at radius 2 is 1.08 bits per heavy atom. The first-order valence-electron chi connectivity index (χ1n) is 12.2. The molecular formula is C32H30O5. The molecule has 188 valence electrons. The molecule has 4 aromatic carbocycles. The van der Waals surface area contributed by atoms with Gasteiger partial charge in [0.1, 0.15) is 23.0 Å². The van der Waals surface area contributed by atoms with Crippen molar-refractivity contribution < 1.29 is 23.8 Å². The van der Waals surface area contributed by atoms with Crippen LogP contribution in [0.1, 0.15) is 59.0 Å². The Labute approximate surface area is 217 Å². The van der Waals surface area contributed by atoms with Gasteiger partial charge in [0.15, 0.2) is 5.78 Å². The molecule has 0 aromatic heterocycles.